The summed E-state index contributed by atoms with van der Waals surface area (Å²) in [6, 6.07) is 0.148. The Hall–Kier alpha value is -1.85. The number of hydrogen-bond donors (Lipinski definition) is 0. The fourth-order valence-corrected chi connectivity index (χ4v) is 2.95. The fourth-order valence-electron chi connectivity index (χ4n) is 2.95. The lowest BCUT2D eigenvalue weighted by molar-refractivity contribution is 0.0218. The van der Waals surface area contributed by atoms with Crippen molar-refractivity contribution in [2.24, 2.45) is 5.41 Å². The highest BCUT2D eigenvalue weighted by atomic mass is 16.6. The van der Waals surface area contributed by atoms with Gasteiger partial charge in [0.05, 0.1) is 0 Å². The number of hydrogen-bond acceptors (Lipinski definition) is 5. The highest BCUT2D eigenvalue weighted by molar-refractivity contribution is 5.68. The second kappa shape index (κ2) is 7.18. The van der Waals surface area contributed by atoms with Crippen molar-refractivity contribution in [3.05, 3.63) is 18.0 Å². The molecule has 0 radical (unpaired) electrons. The first-order valence-corrected chi connectivity index (χ1v) is 9.00. The van der Waals surface area contributed by atoms with E-state index in [1.807, 2.05) is 33.2 Å². The maximum Gasteiger partial charge on any atom is 0.410 e. The molecule has 1 fully saturated rings. The Kier molecular flexibility index (Phi) is 5.59. The van der Waals surface area contributed by atoms with Crippen LogP contribution in [0.2, 0.25) is 0 Å². The third-order valence-corrected chi connectivity index (χ3v) is 3.96. The van der Waals surface area contributed by atoms with Crippen molar-refractivity contribution in [1.29, 1.82) is 0 Å². The number of rotatable bonds is 2. The molecule has 1 aromatic rings. The van der Waals surface area contributed by atoms with E-state index in [1.54, 1.807) is 4.90 Å². The predicted octanol–water partition coefficient (Wildman–Crippen LogP) is 3.51. The molecule has 140 valence electrons. The van der Waals surface area contributed by atoms with Crippen molar-refractivity contribution in [3.63, 3.8) is 0 Å². The van der Waals surface area contributed by atoms with Crippen molar-refractivity contribution in [1.82, 2.24) is 14.9 Å². The lowest BCUT2D eigenvalue weighted by Gasteiger charge is -2.40. The number of carbonyl (C=O) groups is 1. The zero-order chi connectivity index (χ0) is 18.8. The SMILES string of the molecule is CC1CN(C(=O)OC(C)(C)C)CCN1c1ncc(CC(C)(C)C)cn1. The van der Waals surface area contributed by atoms with E-state index in [2.05, 4.69) is 42.6 Å². The Morgan fingerprint density at radius 2 is 1.76 bits per heavy atom. The molecule has 0 aliphatic carbocycles. The molecule has 1 aliphatic rings. The second-order valence-corrected chi connectivity index (χ2v) is 9.10. The average molecular weight is 348 g/mol. The summed E-state index contributed by atoms with van der Waals surface area (Å²) in [5.41, 5.74) is 0.900. The quantitative estimate of drug-likeness (QED) is 0.818. The van der Waals surface area contributed by atoms with Crippen molar-refractivity contribution >= 4 is 12.0 Å². The van der Waals surface area contributed by atoms with Gasteiger partial charge in [-0.05, 0) is 45.1 Å². The van der Waals surface area contributed by atoms with Crippen LogP contribution in [0.1, 0.15) is 54.0 Å². The number of nitrogens with zero attached hydrogens (tertiary/aromatic N) is 4. The molecule has 1 aromatic heterocycles. The molecule has 1 saturated heterocycles. The largest absolute Gasteiger partial charge is 0.444 e. The van der Waals surface area contributed by atoms with Gasteiger partial charge in [-0.15, -0.1) is 0 Å². The molecule has 6 heteroatoms. The molecule has 25 heavy (non-hydrogen) atoms. The van der Waals surface area contributed by atoms with Crippen LogP contribution in [-0.2, 0) is 11.2 Å². The van der Waals surface area contributed by atoms with E-state index in [1.165, 1.54) is 0 Å². The van der Waals surface area contributed by atoms with Crippen LogP contribution in [0.5, 0.6) is 0 Å². The summed E-state index contributed by atoms with van der Waals surface area (Å²) >= 11 is 0. The number of anilines is 1. The van der Waals surface area contributed by atoms with Gasteiger partial charge in [0.25, 0.3) is 0 Å². The van der Waals surface area contributed by atoms with Gasteiger partial charge >= 0.3 is 6.09 Å². The summed E-state index contributed by atoms with van der Waals surface area (Å²) in [6.45, 7) is 16.3. The minimum Gasteiger partial charge on any atom is -0.444 e. The number of piperazine rings is 1. The van der Waals surface area contributed by atoms with Crippen LogP contribution in [0.25, 0.3) is 0 Å². The zero-order valence-corrected chi connectivity index (χ0v) is 16.7. The standard InChI is InChI=1S/C19H32N4O2/c1-14-13-22(17(24)25-19(5,6)7)8-9-23(14)16-20-11-15(12-21-16)10-18(2,3)4/h11-12,14H,8-10,13H2,1-7H3. The predicted molar refractivity (Wildman–Crippen MR) is 99.8 cm³/mol. The number of amides is 1. The fraction of sp³-hybridized carbons (Fsp3) is 0.737. The van der Waals surface area contributed by atoms with Crippen LogP contribution in [0, 0.1) is 5.41 Å². The van der Waals surface area contributed by atoms with Gasteiger partial charge in [-0.25, -0.2) is 14.8 Å². The first-order valence-electron chi connectivity index (χ1n) is 9.00. The van der Waals surface area contributed by atoms with Gasteiger partial charge in [0, 0.05) is 38.1 Å². The molecular weight excluding hydrogens is 316 g/mol. The number of ether oxygens (including phenoxy) is 1. The molecule has 0 bridgehead atoms. The Balaban J connectivity index is 1.98. The third-order valence-electron chi connectivity index (χ3n) is 3.96. The lowest BCUT2D eigenvalue weighted by Crippen LogP contribution is -2.55. The molecule has 1 atom stereocenters. The van der Waals surface area contributed by atoms with E-state index < -0.39 is 5.60 Å². The number of aromatic nitrogens is 2. The van der Waals surface area contributed by atoms with Crippen LogP contribution < -0.4 is 4.90 Å². The minimum atomic E-state index is -0.469. The first-order chi connectivity index (χ1) is 11.4. The molecule has 0 N–H and O–H groups in total. The lowest BCUT2D eigenvalue weighted by atomic mass is 9.89. The van der Waals surface area contributed by atoms with E-state index in [0.29, 0.717) is 19.6 Å². The molecule has 2 rings (SSSR count). The maximum atomic E-state index is 12.2. The summed E-state index contributed by atoms with van der Waals surface area (Å²) < 4.78 is 5.47. The van der Waals surface area contributed by atoms with Crippen LogP contribution in [-0.4, -0.2) is 52.2 Å². The molecule has 0 aromatic carbocycles. The van der Waals surface area contributed by atoms with E-state index in [4.69, 9.17) is 4.74 Å². The van der Waals surface area contributed by atoms with Crippen LogP contribution in [0.3, 0.4) is 0 Å². The Labute approximate surface area is 151 Å². The molecule has 1 aliphatic heterocycles. The van der Waals surface area contributed by atoms with Crippen molar-refractivity contribution in [2.75, 3.05) is 24.5 Å². The summed E-state index contributed by atoms with van der Waals surface area (Å²) in [4.78, 5) is 25.2. The van der Waals surface area contributed by atoms with Gasteiger partial charge in [-0.3, -0.25) is 0 Å². The molecule has 6 nitrogen and oxygen atoms in total. The van der Waals surface area contributed by atoms with Crippen molar-refractivity contribution in [2.45, 2.75) is 66.5 Å². The Morgan fingerprint density at radius 1 is 1.16 bits per heavy atom. The summed E-state index contributed by atoms with van der Waals surface area (Å²) in [7, 11) is 0. The van der Waals surface area contributed by atoms with Crippen LogP contribution >= 0.6 is 0 Å². The normalized spacial score (nSPS) is 19.1. The van der Waals surface area contributed by atoms with E-state index in [-0.39, 0.29) is 17.6 Å². The van der Waals surface area contributed by atoms with E-state index in [0.717, 1.165) is 17.9 Å². The van der Waals surface area contributed by atoms with Gasteiger partial charge in [-0.2, -0.15) is 0 Å². The van der Waals surface area contributed by atoms with Gasteiger partial charge in [0.1, 0.15) is 5.60 Å². The monoisotopic (exact) mass is 348 g/mol. The van der Waals surface area contributed by atoms with E-state index in [9.17, 15) is 4.79 Å². The average Bonchev–Trinajstić information content (AvgIpc) is 2.45. The highest BCUT2D eigenvalue weighted by Gasteiger charge is 2.30. The van der Waals surface area contributed by atoms with Gasteiger partial charge in [-0.1, -0.05) is 20.8 Å². The number of carbonyl (C=O) groups excluding carboxylic acids is 1. The second-order valence-electron chi connectivity index (χ2n) is 9.10. The van der Waals surface area contributed by atoms with Gasteiger partial charge in [0.15, 0.2) is 0 Å². The minimum absolute atomic E-state index is 0.148. The zero-order valence-electron chi connectivity index (χ0n) is 16.7. The highest BCUT2D eigenvalue weighted by Crippen LogP contribution is 2.22. The summed E-state index contributed by atoms with van der Waals surface area (Å²) in [6.07, 6.45) is 4.54. The molecule has 0 saturated carbocycles. The molecular formula is C19H32N4O2. The van der Waals surface area contributed by atoms with E-state index >= 15 is 0 Å². The smallest absolute Gasteiger partial charge is 0.410 e. The first kappa shape index (κ1) is 19.5. The summed E-state index contributed by atoms with van der Waals surface area (Å²) in [5.74, 6) is 0.731. The van der Waals surface area contributed by atoms with Gasteiger partial charge in [0.2, 0.25) is 5.95 Å². The molecule has 2 heterocycles. The third kappa shape index (κ3) is 5.87. The van der Waals surface area contributed by atoms with Crippen LogP contribution in [0.4, 0.5) is 10.7 Å². The Morgan fingerprint density at radius 3 is 2.24 bits per heavy atom. The molecule has 1 amide bonds. The van der Waals surface area contributed by atoms with Crippen molar-refractivity contribution < 1.29 is 9.53 Å². The molecule has 1 unspecified atom stereocenters. The van der Waals surface area contributed by atoms with Gasteiger partial charge < -0.3 is 14.5 Å². The Bertz CT molecular complexity index is 587. The maximum absolute atomic E-state index is 12.2. The van der Waals surface area contributed by atoms with Crippen LogP contribution in [0.15, 0.2) is 12.4 Å². The topological polar surface area (TPSA) is 58.6 Å². The van der Waals surface area contributed by atoms with Crippen molar-refractivity contribution in [3.8, 4) is 0 Å². The summed E-state index contributed by atoms with van der Waals surface area (Å²) in [5, 5.41) is 0. The molecule has 0 spiro atoms.